The molecule has 1 unspecified atom stereocenters. The quantitative estimate of drug-likeness (QED) is 0.610. The summed E-state index contributed by atoms with van der Waals surface area (Å²) in [6.07, 6.45) is 5.17. The monoisotopic (exact) mass is 422 g/mol. The lowest BCUT2D eigenvalue weighted by Gasteiger charge is -2.28. The highest BCUT2D eigenvalue weighted by Gasteiger charge is 2.29. The summed E-state index contributed by atoms with van der Waals surface area (Å²) >= 11 is 0. The largest absolute Gasteiger partial charge is 0.419 e. The van der Waals surface area contributed by atoms with Crippen molar-refractivity contribution in [3.8, 4) is 11.4 Å². The average Bonchev–Trinajstić information content (AvgIpc) is 3.35. The zero-order valence-electron chi connectivity index (χ0n) is 18.5. The molecule has 0 radical (unpaired) electrons. The van der Waals surface area contributed by atoms with Gasteiger partial charge < -0.3 is 14.5 Å². The van der Waals surface area contributed by atoms with Crippen LogP contribution in [0.5, 0.6) is 0 Å². The van der Waals surface area contributed by atoms with E-state index in [1.54, 1.807) is 7.05 Å². The van der Waals surface area contributed by atoms with E-state index >= 15 is 0 Å². The van der Waals surface area contributed by atoms with Crippen molar-refractivity contribution in [2.75, 3.05) is 18.6 Å². The van der Waals surface area contributed by atoms with E-state index in [0.29, 0.717) is 12.0 Å². The summed E-state index contributed by atoms with van der Waals surface area (Å²) in [5.41, 5.74) is 6.63. The van der Waals surface area contributed by atoms with Crippen molar-refractivity contribution in [2.45, 2.75) is 58.7 Å². The Morgan fingerprint density at radius 3 is 2.97 bits per heavy atom. The van der Waals surface area contributed by atoms with Crippen LogP contribution in [0.3, 0.4) is 0 Å². The van der Waals surface area contributed by atoms with Crippen LogP contribution in [0.4, 0.5) is 10.5 Å². The second kappa shape index (κ2) is 7.71. The molecule has 1 atom stereocenters. The normalized spacial score (nSPS) is 20.4. The first-order valence-corrected chi connectivity index (χ1v) is 11.1. The summed E-state index contributed by atoms with van der Waals surface area (Å²) in [6.45, 7) is 5.26. The van der Waals surface area contributed by atoms with Crippen molar-refractivity contribution in [3.63, 3.8) is 0 Å². The summed E-state index contributed by atoms with van der Waals surface area (Å²) in [4.78, 5) is 17.6. The van der Waals surface area contributed by atoms with Crippen LogP contribution in [0.15, 0.2) is 24.3 Å². The Morgan fingerprint density at radius 1 is 1.29 bits per heavy atom. The summed E-state index contributed by atoms with van der Waals surface area (Å²) in [5, 5.41) is 8.97. The van der Waals surface area contributed by atoms with Crippen molar-refractivity contribution < 1.29 is 14.3 Å². The molecule has 0 saturated carbocycles. The zero-order chi connectivity index (χ0) is 21.6. The number of fused-ring (bicyclic) bond motifs is 2. The van der Waals surface area contributed by atoms with Gasteiger partial charge >= 0.3 is 6.09 Å². The second-order valence-corrected chi connectivity index (χ2v) is 9.56. The highest BCUT2D eigenvalue weighted by Crippen LogP contribution is 2.38. The van der Waals surface area contributed by atoms with Crippen LogP contribution in [-0.2, 0) is 22.3 Å². The fraction of sp³-hybridized carbons (Fsp3) is 0.500. The van der Waals surface area contributed by atoms with Gasteiger partial charge in [0, 0.05) is 41.3 Å². The maximum atomic E-state index is 12.6. The molecule has 3 heterocycles. The SMILES string of the molecule is CN(C(=O)OC1CCCCO1)c1ccc2cc(-c3n[nH]c4c3CCC(C)(C)C4)[nH]c2c1. The summed E-state index contributed by atoms with van der Waals surface area (Å²) < 4.78 is 11.0. The Bertz CT molecular complexity index is 1110. The molecule has 7 nitrogen and oxygen atoms in total. The summed E-state index contributed by atoms with van der Waals surface area (Å²) in [7, 11) is 1.72. The lowest BCUT2D eigenvalue weighted by Crippen LogP contribution is -2.33. The molecule has 3 aromatic rings. The third kappa shape index (κ3) is 3.94. The number of carbonyl (C=O) groups excluding carboxylic acids is 1. The van der Waals surface area contributed by atoms with Crippen molar-refractivity contribution in [1.29, 1.82) is 0 Å². The van der Waals surface area contributed by atoms with Gasteiger partial charge in [-0.05, 0) is 55.7 Å². The predicted molar refractivity (Wildman–Crippen MR) is 120 cm³/mol. The third-order valence-electron chi connectivity index (χ3n) is 6.55. The molecule has 2 N–H and O–H groups in total. The second-order valence-electron chi connectivity index (χ2n) is 9.56. The molecule has 1 aromatic carbocycles. The molecule has 31 heavy (non-hydrogen) atoms. The number of amides is 1. The molecule has 1 aliphatic heterocycles. The van der Waals surface area contributed by atoms with E-state index in [2.05, 4.69) is 35.1 Å². The van der Waals surface area contributed by atoms with E-state index in [0.717, 1.165) is 66.5 Å². The van der Waals surface area contributed by atoms with E-state index in [9.17, 15) is 4.79 Å². The molecule has 1 aliphatic carbocycles. The average molecular weight is 423 g/mol. The van der Waals surface area contributed by atoms with Crippen LogP contribution in [0.2, 0.25) is 0 Å². The molecule has 164 valence electrons. The van der Waals surface area contributed by atoms with Gasteiger partial charge in [-0.1, -0.05) is 19.9 Å². The smallest absolute Gasteiger partial charge is 0.416 e. The minimum atomic E-state index is -0.444. The fourth-order valence-electron chi connectivity index (χ4n) is 4.62. The lowest BCUT2D eigenvalue weighted by molar-refractivity contribution is -0.124. The van der Waals surface area contributed by atoms with Crippen LogP contribution in [-0.4, -0.2) is 41.2 Å². The van der Waals surface area contributed by atoms with Crippen molar-refractivity contribution in [1.82, 2.24) is 15.2 Å². The zero-order valence-corrected chi connectivity index (χ0v) is 18.5. The van der Waals surface area contributed by atoms with Gasteiger partial charge in [0.2, 0.25) is 6.29 Å². The van der Waals surface area contributed by atoms with Gasteiger partial charge in [-0.2, -0.15) is 5.10 Å². The Morgan fingerprint density at radius 2 is 2.16 bits per heavy atom. The molecule has 1 amide bonds. The van der Waals surface area contributed by atoms with E-state index in [1.165, 1.54) is 16.2 Å². The molecular weight excluding hydrogens is 392 g/mol. The highest BCUT2D eigenvalue weighted by atomic mass is 16.7. The fourth-order valence-corrected chi connectivity index (χ4v) is 4.62. The first kappa shape index (κ1) is 20.1. The van der Waals surface area contributed by atoms with Crippen LogP contribution < -0.4 is 4.90 Å². The molecule has 1 fully saturated rings. The number of anilines is 1. The molecule has 0 bridgehead atoms. The van der Waals surface area contributed by atoms with Crippen molar-refractivity contribution in [2.24, 2.45) is 5.41 Å². The van der Waals surface area contributed by atoms with E-state index in [-0.39, 0.29) is 0 Å². The van der Waals surface area contributed by atoms with E-state index in [4.69, 9.17) is 9.47 Å². The number of rotatable bonds is 3. The van der Waals surface area contributed by atoms with Crippen molar-refractivity contribution in [3.05, 3.63) is 35.5 Å². The minimum Gasteiger partial charge on any atom is -0.419 e. The van der Waals surface area contributed by atoms with Crippen LogP contribution >= 0.6 is 0 Å². The number of aromatic amines is 2. The first-order chi connectivity index (χ1) is 14.9. The molecular formula is C24H30N4O3. The van der Waals surface area contributed by atoms with Gasteiger partial charge in [-0.3, -0.25) is 10.00 Å². The molecule has 5 rings (SSSR count). The number of ether oxygens (including phenoxy) is 2. The predicted octanol–water partition coefficient (Wildman–Crippen LogP) is 5.17. The van der Waals surface area contributed by atoms with Gasteiger partial charge in [-0.25, -0.2) is 4.79 Å². The number of hydrogen-bond acceptors (Lipinski definition) is 4. The van der Waals surface area contributed by atoms with Gasteiger partial charge in [-0.15, -0.1) is 0 Å². The number of H-pyrrole nitrogens is 2. The number of nitrogens with zero attached hydrogens (tertiary/aromatic N) is 2. The standard InChI is InChI=1S/C24H30N4O3/c1-24(2)10-9-17-20(14-24)26-27-22(17)19-12-15-7-8-16(13-18(15)25-19)28(3)23(29)31-21-6-4-5-11-30-21/h7-8,12-13,21,25H,4-6,9-11,14H2,1-3H3,(H,26,27). The summed E-state index contributed by atoms with van der Waals surface area (Å²) in [6, 6.07) is 8.06. The maximum absolute atomic E-state index is 12.6. The molecule has 1 saturated heterocycles. The topological polar surface area (TPSA) is 83.2 Å². The Hall–Kier alpha value is -2.80. The molecule has 2 aliphatic rings. The highest BCUT2D eigenvalue weighted by molar-refractivity contribution is 5.93. The molecule has 2 aromatic heterocycles. The van der Waals surface area contributed by atoms with Crippen molar-refractivity contribution >= 4 is 22.7 Å². The van der Waals surface area contributed by atoms with Gasteiger partial charge in [0.05, 0.1) is 12.3 Å². The minimum absolute atomic E-state index is 0.314. The summed E-state index contributed by atoms with van der Waals surface area (Å²) in [5.74, 6) is 0. The lowest BCUT2D eigenvalue weighted by atomic mass is 9.76. The van der Waals surface area contributed by atoms with E-state index < -0.39 is 12.4 Å². The van der Waals surface area contributed by atoms with E-state index in [1.807, 2.05) is 18.2 Å². The first-order valence-electron chi connectivity index (χ1n) is 11.1. The van der Waals surface area contributed by atoms with Crippen LogP contribution in [0.1, 0.15) is 50.8 Å². The van der Waals surface area contributed by atoms with Gasteiger partial charge in [0.1, 0.15) is 5.69 Å². The maximum Gasteiger partial charge on any atom is 0.416 e. The number of carbonyl (C=O) groups is 1. The molecule has 7 heteroatoms. The van der Waals surface area contributed by atoms with Gasteiger partial charge in [0.15, 0.2) is 0 Å². The third-order valence-corrected chi connectivity index (χ3v) is 6.55. The number of nitrogens with one attached hydrogen (secondary N) is 2. The molecule has 0 spiro atoms. The van der Waals surface area contributed by atoms with Gasteiger partial charge in [0.25, 0.3) is 0 Å². The Labute approximate surface area is 182 Å². The number of benzene rings is 1. The number of hydrogen-bond donors (Lipinski definition) is 2. The Balaban J connectivity index is 1.37. The number of aromatic nitrogens is 3. The Kier molecular flexibility index (Phi) is 5.01. The van der Waals surface area contributed by atoms with Crippen LogP contribution in [0, 0.1) is 5.41 Å². The van der Waals surface area contributed by atoms with Crippen LogP contribution in [0.25, 0.3) is 22.3 Å².